The van der Waals surface area contributed by atoms with E-state index in [1.165, 1.54) is 32.4 Å². The first-order chi connectivity index (χ1) is 11.3. The number of piperidine rings is 1. The topological polar surface area (TPSA) is 65.3 Å². The van der Waals surface area contributed by atoms with E-state index >= 15 is 0 Å². The normalized spacial score (nSPS) is 15.6. The number of hydrogen-bond acceptors (Lipinski definition) is 6. The van der Waals surface area contributed by atoms with Crippen LogP contribution in [0.25, 0.3) is 11.4 Å². The molecule has 0 amide bonds. The van der Waals surface area contributed by atoms with Gasteiger partial charge in [0.15, 0.2) is 11.5 Å². The standard InChI is InChI=1S/C16H23N5O2/c1-22-14-7-6-13(12-15(14)23-2)16-17-19-21(18-16)11-10-20-8-4-3-5-9-20/h6-7,12H,3-5,8-11H2,1-2H3. The Morgan fingerprint density at radius 1 is 1.00 bits per heavy atom. The van der Waals surface area contributed by atoms with Gasteiger partial charge in [0, 0.05) is 12.1 Å². The summed E-state index contributed by atoms with van der Waals surface area (Å²) in [6, 6.07) is 5.63. The predicted octanol–water partition coefficient (Wildman–Crippen LogP) is 1.84. The first kappa shape index (κ1) is 15.7. The number of benzene rings is 1. The van der Waals surface area contributed by atoms with Crippen LogP contribution in [-0.2, 0) is 6.54 Å². The van der Waals surface area contributed by atoms with E-state index in [9.17, 15) is 0 Å². The zero-order valence-corrected chi connectivity index (χ0v) is 13.7. The van der Waals surface area contributed by atoms with Gasteiger partial charge in [0.1, 0.15) is 0 Å². The minimum atomic E-state index is 0.601. The highest BCUT2D eigenvalue weighted by Crippen LogP contribution is 2.30. The van der Waals surface area contributed by atoms with E-state index in [-0.39, 0.29) is 0 Å². The molecular formula is C16H23N5O2. The molecule has 0 saturated carbocycles. The fourth-order valence-corrected chi connectivity index (χ4v) is 2.84. The molecule has 3 rings (SSSR count). The van der Waals surface area contributed by atoms with Gasteiger partial charge in [-0.05, 0) is 49.3 Å². The first-order valence-corrected chi connectivity index (χ1v) is 8.02. The van der Waals surface area contributed by atoms with Crippen LogP contribution in [0.3, 0.4) is 0 Å². The quantitative estimate of drug-likeness (QED) is 0.810. The number of tetrazole rings is 1. The van der Waals surface area contributed by atoms with Crippen molar-refractivity contribution in [1.82, 2.24) is 25.1 Å². The van der Waals surface area contributed by atoms with Crippen LogP contribution in [0.15, 0.2) is 18.2 Å². The van der Waals surface area contributed by atoms with Gasteiger partial charge in [0.2, 0.25) is 5.82 Å². The van der Waals surface area contributed by atoms with E-state index in [1.54, 1.807) is 19.0 Å². The number of hydrogen-bond donors (Lipinski definition) is 0. The Morgan fingerprint density at radius 3 is 2.52 bits per heavy atom. The lowest BCUT2D eigenvalue weighted by Gasteiger charge is -2.25. The Bertz CT molecular complexity index is 637. The highest BCUT2D eigenvalue weighted by molar-refractivity contribution is 5.60. The largest absolute Gasteiger partial charge is 0.493 e. The molecule has 0 bridgehead atoms. The smallest absolute Gasteiger partial charge is 0.205 e. The first-order valence-electron chi connectivity index (χ1n) is 8.02. The Hall–Kier alpha value is -2.15. The molecule has 1 aliphatic heterocycles. The average Bonchev–Trinajstić information content (AvgIpc) is 3.09. The van der Waals surface area contributed by atoms with E-state index in [1.807, 2.05) is 18.2 Å². The van der Waals surface area contributed by atoms with E-state index in [0.29, 0.717) is 17.3 Å². The highest BCUT2D eigenvalue weighted by Gasteiger charge is 2.13. The molecule has 2 heterocycles. The van der Waals surface area contributed by atoms with Crippen LogP contribution in [0.2, 0.25) is 0 Å². The van der Waals surface area contributed by atoms with Crippen molar-refractivity contribution < 1.29 is 9.47 Å². The molecule has 2 aromatic rings. The van der Waals surface area contributed by atoms with Crippen LogP contribution >= 0.6 is 0 Å². The van der Waals surface area contributed by atoms with Crippen LogP contribution in [-0.4, -0.2) is 59.0 Å². The maximum Gasteiger partial charge on any atom is 0.205 e. The van der Waals surface area contributed by atoms with Crippen molar-refractivity contribution in [3.63, 3.8) is 0 Å². The summed E-state index contributed by atoms with van der Waals surface area (Å²) in [5.74, 6) is 1.95. The molecule has 7 heteroatoms. The monoisotopic (exact) mass is 317 g/mol. The molecule has 0 atom stereocenters. The van der Waals surface area contributed by atoms with Crippen molar-refractivity contribution in [2.45, 2.75) is 25.8 Å². The van der Waals surface area contributed by atoms with Gasteiger partial charge in [0.25, 0.3) is 0 Å². The second-order valence-electron chi connectivity index (χ2n) is 5.68. The lowest BCUT2D eigenvalue weighted by molar-refractivity contribution is 0.213. The third-order valence-corrected chi connectivity index (χ3v) is 4.16. The van der Waals surface area contributed by atoms with E-state index in [4.69, 9.17) is 9.47 Å². The predicted molar refractivity (Wildman–Crippen MR) is 86.6 cm³/mol. The second-order valence-corrected chi connectivity index (χ2v) is 5.68. The van der Waals surface area contributed by atoms with E-state index in [2.05, 4.69) is 20.3 Å². The van der Waals surface area contributed by atoms with Crippen LogP contribution < -0.4 is 9.47 Å². The van der Waals surface area contributed by atoms with Crippen molar-refractivity contribution >= 4 is 0 Å². The Balaban J connectivity index is 1.66. The number of ether oxygens (including phenoxy) is 2. The van der Waals surface area contributed by atoms with Gasteiger partial charge in [-0.1, -0.05) is 6.42 Å². The molecule has 1 aromatic carbocycles. The fraction of sp³-hybridized carbons (Fsp3) is 0.562. The fourth-order valence-electron chi connectivity index (χ4n) is 2.84. The minimum Gasteiger partial charge on any atom is -0.493 e. The molecule has 124 valence electrons. The third kappa shape index (κ3) is 3.79. The van der Waals surface area contributed by atoms with Crippen molar-refractivity contribution in [3.8, 4) is 22.9 Å². The van der Waals surface area contributed by atoms with Crippen LogP contribution in [0.5, 0.6) is 11.5 Å². The van der Waals surface area contributed by atoms with Gasteiger partial charge in [-0.15, -0.1) is 10.2 Å². The van der Waals surface area contributed by atoms with Gasteiger partial charge in [0.05, 0.1) is 20.8 Å². The summed E-state index contributed by atoms with van der Waals surface area (Å²) in [7, 11) is 3.23. The van der Waals surface area contributed by atoms with E-state index < -0.39 is 0 Å². The van der Waals surface area contributed by atoms with Crippen molar-refractivity contribution in [1.29, 1.82) is 0 Å². The maximum absolute atomic E-state index is 5.32. The number of likely N-dealkylation sites (tertiary alicyclic amines) is 1. The van der Waals surface area contributed by atoms with Gasteiger partial charge in [-0.2, -0.15) is 4.80 Å². The van der Waals surface area contributed by atoms with Gasteiger partial charge in [-0.25, -0.2) is 0 Å². The summed E-state index contributed by atoms with van der Waals surface area (Å²) in [5, 5.41) is 12.8. The summed E-state index contributed by atoms with van der Waals surface area (Å²) in [4.78, 5) is 4.13. The lowest BCUT2D eigenvalue weighted by atomic mass is 10.1. The number of aromatic nitrogens is 4. The lowest BCUT2D eigenvalue weighted by Crippen LogP contribution is -2.33. The summed E-state index contributed by atoms with van der Waals surface area (Å²) < 4.78 is 10.6. The number of rotatable bonds is 6. The van der Waals surface area contributed by atoms with Crippen LogP contribution in [0.4, 0.5) is 0 Å². The number of nitrogens with zero attached hydrogens (tertiary/aromatic N) is 5. The molecule has 0 spiro atoms. The molecular weight excluding hydrogens is 294 g/mol. The summed E-state index contributed by atoms with van der Waals surface area (Å²) in [6.07, 6.45) is 3.94. The summed E-state index contributed by atoms with van der Waals surface area (Å²) in [5.41, 5.74) is 0.867. The Labute approximate surface area is 136 Å². The molecule has 0 radical (unpaired) electrons. The summed E-state index contributed by atoms with van der Waals surface area (Å²) >= 11 is 0. The molecule has 1 saturated heterocycles. The van der Waals surface area contributed by atoms with Crippen LogP contribution in [0, 0.1) is 0 Å². The second kappa shape index (κ2) is 7.41. The molecule has 1 fully saturated rings. The zero-order chi connectivity index (χ0) is 16.1. The van der Waals surface area contributed by atoms with Gasteiger partial charge < -0.3 is 14.4 Å². The maximum atomic E-state index is 5.32. The van der Waals surface area contributed by atoms with Gasteiger partial charge >= 0.3 is 0 Å². The summed E-state index contributed by atoms with van der Waals surface area (Å²) in [6.45, 7) is 4.09. The Kier molecular flexibility index (Phi) is 5.07. The van der Waals surface area contributed by atoms with Gasteiger partial charge in [-0.3, -0.25) is 0 Å². The molecule has 1 aliphatic rings. The third-order valence-electron chi connectivity index (χ3n) is 4.16. The SMILES string of the molecule is COc1ccc(-c2nnn(CCN3CCCCC3)n2)cc1OC. The molecule has 7 nitrogen and oxygen atoms in total. The molecule has 0 unspecified atom stereocenters. The molecule has 1 aromatic heterocycles. The van der Waals surface area contributed by atoms with Crippen LogP contribution in [0.1, 0.15) is 19.3 Å². The zero-order valence-electron chi connectivity index (χ0n) is 13.7. The highest BCUT2D eigenvalue weighted by atomic mass is 16.5. The Morgan fingerprint density at radius 2 is 1.78 bits per heavy atom. The van der Waals surface area contributed by atoms with Crippen molar-refractivity contribution in [3.05, 3.63) is 18.2 Å². The van der Waals surface area contributed by atoms with Crippen molar-refractivity contribution in [2.24, 2.45) is 0 Å². The van der Waals surface area contributed by atoms with Crippen molar-refractivity contribution in [2.75, 3.05) is 33.9 Å². The number of methoxy groups -OCH3 is 2. The van der Waals surface area contributed by atoms with E-state index in [0.717, 1.165) is 18.7 Å². The molecule has 0 N–H and O–H groups in total. The molecule has 23 heavy (non-hydrogen) atoms. The average molecular weight is 317 g/mol. The molecule has 0 aliphatic carbocycles. The minimum absolute atomic E-state index is 0.601.